The molecule has 0 spiro atoms. The Kier molecular flexibility index (Phi) is 2.83. The second kappa shape index (κ2) is 4.63. The van der Waals surface area contributed by atoms with E-state index in [0.29, 0.717) is 6.04 Å². The van der Waals surface area contributed by atoms with Gasteiger partial charge in [0.05, 0.1) is 24.1 Å². The lowest BCUT2D eigenvalue weighted by atomic mass is 10.1. The second-order valence-corrected chi connectivity index (χ2v) is 4.28. The number of rotatable bonds is 2. The van der Waals surface area contributed by atoms with Gasteiger partial charge in [0.15, 0.2) is 0 Å². The van der Waals surface area contributed by atoms with Crippen molar-refractivity contribution in [2.75, 3.05) is 13.1 Å². The molecule has 1 fully saturated rings. The van der Waals surface area contributed by atoms with Crippen LogP contribution in [0.25, 0.3) is 11.3 Å². The van der Waals surface area contributed by atoms with E-state index in [1.54, 1.807) is 18.6 Å². The van der Waals surface area contributed by atoms with E-state index in [1.165, 1.54) is 0 Å². The first-order valence-electron chi connectivity index (χ1n) is 5.95. The van der Waals surface area contributed by atoms with Crippen molar-refractivity contribution in [1.29, 1.82) is 0 Å². The number of nitrogens with zero attached hydrogens (tertiary/aromatic N) is 4. The monoisotopic (exact) mass is 229 g/mol. The number of aromatic nitrogens is 4. The van der Waals surface area contributed by atoms with E-state index in [1.807, 2.05) is 6.20 Å². The minimum absolute atomic E-state index is 0.515. The maximum Gasteiger partial charge on any atom is 0.0916 e. The second-order valence-electron chi connectivity index (χ2n) is 4.28. The first kappa shape index (κ1) is 10.4. The zero-order chi connectivity index (χ0) is 11.5. The Morgan fingerprint density at radius 1 is 1.18 bits per heavy atom. The zero-order valence-electron chi connectivity index (χ0n) is 9.58. The molecule has 0 saturated carbocycles. The van der Waals surface area contributed by atoms with E-state index >= 15 is 0 Å². The van der Waals surface area contributed by atoms with Crippen LogP contribution in [0.4, 0.5) is 0 Å². The molecule has 0 unspecified atom stereocenters. The van der Waals surface area contributed by atoms with Gasteiger partial charge in [0.2, 0.25) is 0 Å². The zero-order valence-corrected chi connectivity index (χ0v) is 9.58. The van der Waals surface area contributed by atoms with Crippen LogP contribution in [0.1, 0.15) is 18.9 Å². The van der Waals surface area contributed by atoms with E-state index in [9.17, 15) is 0 Å². The largest absolute Gasteiger partial charge is 0.317 e. The van der Waals surface area contributed by atoms with Crippen molar-refractivity contribution < 1.29 is 0 Å². The van der Waals surface area contributed by atoms with Gasteiger partial charge in [-0.2, -0.15) is 5.10 Å². The first-order valence-corrected chi connectivity index (χ1v) is 5.95. The predicted molar refractivity (Wildman–Crippen MR) is 64.4 cm³/mol. The Labute approximate surface area is 99.9 Å². The Bertz CT molecular complexity index is 473. The van der Waals surface area contributed by atoms with E-state index in [4.69, 9.17) is 0 Å². The topological polar surface area (TPSA) is 55.6 Å². The molecule has 0 amide bonds. The van der Waals surface area contributed by atoms with Gasteiger partial charge in [-0.3, -0.25) is 14.6 Å². The van der Waals surface area contributed by atoms with Crippen molar-refractivity contribution in [2.24, 2.45) is 0 Å². The van der Waals surface area contributed by atoms with Crippen molar-refractivity contribution >= 4 is 0 Å². The highest BCUT2D eigenvalue weighted by atomic mass is 15.3. The number of hydrogen-bond acceptors (Lipinski definition) is 4. The highest BCUT2D eigenvalue weighted by molar-refractivity contribution is 5.55. The molecule has 17 heavy (non-hydrogen) atoms. The molecule has 0 atom stereocenters. The van der Waals surface area contributed by atoms with E-state index in [-0.39, 0.29) is 0 Å². The molecule has 0 aliphatic carbocycles. The molecule has 1 aliphatic heterocycles. The molecule has 2 aromatic heterocycles. The van der Waals surface area contributed by atoms with E-state index in [0.717, 1.165) is 37.2 Å². The average Bonchev–Trinajstić information content (AvgIpc) is 2.90. The van der Waals surface area contributed by atoms with Gasteiger partial charge in [-0.25, -0.2) is 0 Å². The van der Waals surface area contributed by atoms with Crippen LogP contribution in [0.5, 0.6) is 0 Å². The molecule has 3 heterocycles. The molecule has 1 N–H and O–H groups in total. The van der Waals surface area contributed by atoms with Crippen molar-refractivity contribution in [3.63, 3.8) is 0 Å². The molecule has 5 nitrogen and oxygen atoms in total. The van der Waals surface area contributed by atoms with E-state index in [2.05, 4.69) is 31.3 Å². The molecular formula is C12H15N5. The van der Waals surface area contributed by atoms with Gasteiger partial charge in [0.1, 0.15) is 0 Å². The maximum atomic E-state index is 4.44. The smallest absolute Gasteiger partial charge is 0.0916 e. The predicted octanol–water partition coefficient (Wildman–Crippen LogP) is 1.26. The molecule has 0 radical (unpaired) electrons. The van der Waals surface area contributed by atoms with Crippen molar-refractivity contribution in [3.8, 4) is 11.3 Å². The highest BCUT2D eigenvalue weighted by Gasteiger charge is 2.16. The molecule has 2 aromatic rings. The summed E-state index contributed by atoms with van der Waals surface area (Å²) in [6, 6.07) is 0.515. The normalized spacial score (nSPS) is 17.2. The molecule has 88 valence electrons. The minimum atomic E-state index is 0.515. The third-order valence-electron chi connectivity index (χ3n) is 3.14. The van der Waals surface area contributed by atoms with Crippen LogP contribution in [-0.4, -0.2) is 32.8 Å². The molecule has 5 heteroatoms. The van der Waals surface area contributed by atoms with Crippen molar-refractivity contribution in [2.45, 2.75) is 18.9 Å². The fourth-order valence-electron chi connectivity index (χ4n) is 2.19. The summed E-state index contributed by atoms with van der Waals surface area (Å²) in [6.45, 7) is 2.15. The summed E-state index contributed by atoms with van der Waals surface area (Å²) in [6.07, 6.45) is 11.4. The summed E-state index contributed by atoms with van der Waals surface area (Å²) in [5, 5.41) is 7.80. The van der Waals surface area contributed by atoms with Crippen LogP contribution in [0.2, 0.25) is 0 Å². The van der Waals surface area contributed by atoms with Gasteiger partial charge < -0.3 is 5.32 Å². The standard InChI is InChI=1S/C12H15N5/c1-3-13-4-2-11(1)17-9-10(7-16-17)12-8-14-5-6-15-12/h5-9,11,13H,1-4H2. The summed E-state index contributed by atoms with van der Waals surface area (Å²) in [5.41, 5.74) is 1.92. The average molecular weight is 229 g/mol. The van der Waals surface area contributed by atoms with Crippen LogP contribution < -0.4 is 5.32 Å². The summed E-state index contributed by atoms with van der Waals surface area (Å²) < 4.78 is 2.06. The van der Waals surface area contributed by atoms with Crippen LogP contribution in [0, 0.1) is 0 Å². The third kappa shape index (κ3) is 2.19. The number of nitrogens with one attached hydrogen (secondary N) is 1. The van der Waals surface area contributed by atoms with Crippen LogP contribution in [0.15, 0.2) is 31.0 Å². The Balaban J connectivity index is 1.83. The molecule has 0 bridgehead atoms. The summed E-state index contributed by atoms with van der Waals surface area (Å²) in [5.74, 6) is 0. The Morgan fingerprint density at radius 3 is 2.82 bits per heavy atom. The van der Waals surface area contributed by atoms with Crippen molar-refractivity contribution in [1.82, 2.24) is 25.1 Å². The molecular weight excluding hydrogens is 214 g/mol. The Morgan fingerprint density at radius 2 is 2.06 bits per heavy atom. The lowest BCUT2D eigenvalue weighted by molar-refractivity contribution is 0.343. The summed E-state index contributed by atoms with van der Waals surface area (Å²) >= 11 is 0. The van der Waals surface area contributed by atoms with Gasteiger partial charge >= 0.3 is 0 Å². The van der Waals surface area contributed by atoms with Crippen LogP contribution >= 0.6 is 0 Å². The van der Waals surface area contributed by atoms with Crippen molar-refractivity contribution in [3.05, 3.63) is 31.0 Å². The van der Waals surface area contributed by atoms with Gasteiger partial charge in [-0.15, -0.1) is 0 Å². The quantitative estimate of drug-likeness (QED) is 0.842. The maximum absolute atomic E-state index is 4.44. The molecule has 1 aliphatic rings. The molecule has 1 saturated heterocycles. The number of piperidine rings is 1. The fraction of sp³-hybridized carbons (Fsp3) is 0.417. The SMILES string of the molecule is c1cnc(-c2cnn(C3CCNCC3)c2)cn1. The van der Waals surface area contributed by atoms with Gasteiger partial charge in [0, 0.05) is 24.2 Å². The first-order chi connectivity index (χ1) is 8.43. The minimum Gasteiger partial charge on any atom is -0.317 e. The van der Waals surface area contributed by atoms with Crippen LogP contribution in [-0.2, 0) is 0 Å². The summed E-state index contributed by atoms with van der Waals surface area (Å²) in [7, 11) is 0. The van der Waals surface area contributed by atoms with E-state index < -0.39 is 0 Å². The lowest BCUT2D eigenvalue weighted by Gasteiger charge is -2.22. The Hall–Kier alpha value is -1.75. The fourth-order valence-corrected chi connectivity index (χ4v) is 2.19. The van der Waals surface area contributed by atoms with Gasteiger partial charge in [0.25, 0.3) is 0 Å². The molecule has 0 aromatic carbocycles. The lowest BCUT2D eigenvalue weighted by Crippen LogP contribution is -2.29. The third-order valence-corrected chi connectivity index (χ3v) is 3.14. The molecule has 3 rings (SSSR count). The summed E-state index contributed by atoms with van der Waals surface area (Å²) in [4.78, 5) is 8.35. The van der Waals surface area contributed by atoms with Crippen LogP contribution in [0.3, 0.4) is 0 Å². The highest BCUT2D eigenvalue weighted by Crippen LogP contribution is 2.21. The number of hydrogen-bond donors (Lipinski definition) is 1. The van der Waals surface area contributed by atoms with Gasteiger partial charge in [-0.1, -0.05) is 0 Å². The van der Waals surface area contributed by atoms with Gasteiger partial charge in [-0.05, 0) is 25.9 Å².